The Kier molecular flexibility index (Phi) is 3.98. The molecule has 3 aliphatic rings. The van der Waals surface area contributed by atoms with E-state index in [1.807, 2.05) is 12.1 Å². The summed E-state index contributed by atoms with van der Waals surface area (Å²) in [4.78, 5) is 14.8. The third-order valence-electron chi connectivity index (χ3n) is 5.08. The first-order valence-electron chi connectivity index (χ1n) is 8.67. The predicted molar refractivity (Wildman–Crippen MR) is 87.6 cm³/mol. The molecule has 2 atom stereocenters. The van der Waals surface area contributed by atoms with Crippen molar-refractivity contribution in [3.05, 3.63) is 35.9 Å². The molecule has 0 N–H and O–H groups in total. The van der Waals surface area contributed by atoms with Crippen molar-refractivity contribution in [3.63, 3.8) is 0 Å². The molecule has 23 heavy (non-hydrogen) atoms. The Morgan fingerprint density at radius 1 is 1.22 bits per heavy atom. The highest BCUT2D eigenvalue weighted by atomic mass is 16.6. The number of para-hydroxylation sites is 1. The quantitative estimate of drug-likeness (QED) is 0.802. The number of carbonyl (C=O) groups excluding carboxylic acids is 1. The van der Waals surface area contributed by atoms with Crippen LogP contribution in [0.1, 0.15) is 43.7 Å². The van der Waals surface area contributed by atoms with E-state index in [0.29, 0.717) is 25.6 Å². The highest BCUT2D eigenvalue weighted by molar-refractivity contribution is 5.78. The lowest BCUT2D eigenvalue weighted by Crippen LogP contribution is -2.32. The van der Waals surface area contributed by atoms with Gasteiger partial charge in [0.1, 0.15) is 13.2 Å². The third kappa shape index (κ3) is 2.82. The zero-order valence-corrected chi connectivity index (χ0v) is 13.4. The number of amides is 1. The van der Waals surface area contributed by atoms with Crippen molar-refractivity contribution in [2.45, 2.75) is 38.1 Å². The van der Waals surface area contributed by atoms with Gasteiger partial charge < -0.3 is 14.4 Å². The molecule has 1 amide bonds. The van der Waals surface area contributed by atoms with Crippen molar-refractivity contribution in [1.82, 2.24) is 4.90 Å². The maximum atomic E-state index is 12.8. The standard InChI is InChI=1S/C19H23NO3/c21-18(13-14-5-1-2-6-14)20-10-4-8-16(20)15-7-3-9-17-19(15)23-12-11-22-17/h1,3,5,7,9,14,16H,2,4,6,8,10-13H2/t14-,16+/m0/s1. The monoisotopic (exact) mass is 313 g/mol. The van der Waals surface area contributed by atoms with E-state index in [1.54, 1.807) is 0 Å². The van der Waals surface area contributed by atoms with Gasteiger partial charge >= 0.3 is 0 Å². The van der Waals surface area contributed by atoms with Gasteiger partial charge in [0.05, 0.1) is 6.04 Å². The second-order valence-corrected chi connectivity index (χ2v) is 6.59. The molecule has 0 bridgehead atoms. The second kappa shape index (κ2) is 6.26. The van der Waals surface area contributed by atoms with Crippen LogP contribution in [0.4, 0.5) is 0 Å². The molecule has 2 heterocycles. The Morgan fingerprint density at radius 2 is 2.13 bits per heavy atom. The lowest BCUT2D eigenvalue weighted by Gasteiger charge is -2.29. The summed E-state index contributed by atoms with van der Waals surface area (Å²) in [5, 5.41) is 0. The summed E-state index contributed by atoms with van der Waals surface area (Å²) < 4.78 is 11.5. The summed E-state index contributed by atoms with van der Waals surface area (Å²) in [7, 11) is 0. The van der Waals surface area contributed by atoms with Crippen LogP contribution >= 0.6 is 0 Å². The Bertz CT molecular complexity index is 625. The van der Waals surface area contributed by atoms with E-state index in [1.165, 1.54) is 0 Å². The molecule has 0 saturated carbocycles. The van der Waals surface area contributed by atoms with Gasteiger partial charge in [0.25, 0.3) is 0 Å². The zero-order chi connectivity index (χ0) is 15.6. The number of ether oxygens (including phenoxy) is 2. The van der Waals surface area contributed by atoms with E-state index in [0.717, 1.165) is 49.3 Å². The SMILES string of the molecule is O=C(C[C@H]1C=CCC1)N1CCC[C@@H]1c1cccc2c1OCCO2. The average molecular weight is 313 g/mol. The van der Waals surface area contributed by atoms with Crippen LogP contribution in [-0.2, 0) is 4.79 Å². The number of fused-ring (bicyclic) bond motifs is 1. The van der Waals surface area contributed by atoms with Crippen molar-refractivity contribution < 1.29 is 14.3 Å². The molecule has 1 aromatic carbocycles. The normalized spacial score (nSPS) is 25.8. The lowest BCUT2D eigenvalue weighted by atomic mass is 10.0. The van der Waals surface area contributed by atoms with E-state index in [2.05, 4.69) is 23.1 Å². The third-order valence-corrected chi connectivity index (χ3v) is 5.08. The lowest BCUT2D eigenvalue weighted by molar-refractivity contribution is -0.132. The van der Waals surface area contributed by atoms with Crippen molar-refractivity contribution in [2.75, 3.05) is 19.8 Å². The van der Waals surface area contributed by atoms with Crippen LogP contribution in [0.15, 0.2) is 30.4 Å². The maximum absolute atomic E-state index is 12.8. The number of benzene rings is 1. The van der Waals surface area contributed by atoms with E-state index in [4.69, 9.17) is 9.47 Å². The fourth-order valence-corrected chi connectivity index (χ4v) is 3.95. The first kappa shape index (κ1) is 14.6. The van der Waals surface area contributed by atoms with E-state index in [9.17, 15) is 4.79 Å². The second-order valence-electron chi connectivity index (χ2n) is 6.59. The van der Waals surface area contributed by atoms with Gasteiger partial charge in [0, 0.05) is 18.5 Å². The number of nitrogens with zero attached hydrogens (tertiary/aromatic N) is 1. The predicted octanol–water partition coefficient (Wildman–Crippen LogP) is 3.48. The minimum absolute atomic E-state index is 0.129. The van der Waals surface area contributed by atoms with Gasteiger partial charge in [-0.1, -0.05) is 24.3 Å². The zero-order valence-electron chi connectivity index (χ0n) is 13.4. The minimum atomic E-state index is 0.129. The molecular formula is C19H23NO3. The molecule has 1 aromatic rings. The average Bonchev–Trinajstić information content (AvgIpc) is 3.25. The van der Waals surface area contributed by atoms with Crippen LogP contribution in [0.2, 0.25) is 0 Å². The van der Waals surface area contributed by atoms with Gasteiger partial charge in [-0.15, -0.1) is 0 Å². The van der Waals surface area contributed by atoms with Crippen LogP contribution < -0.4 is 9.47 Å². The van der Waals surface area contributed by atoms with E-state index < -0.39 is 0 Å². The van der Waals surface area contributed by atoms with Crippen LogP contribution in [0.3, 0.4) is 0 Å². The van der Waals surface area contributed by atoms with Gasteiger partial charge in [-0.05, 0) is 37.7 Å². The summed E-state index contributed by atoms with van der Waals surface area (Å²) in [6, 6.07) is 6.16. The van der Waals surface area contributed by atoms with Gasteiger partial charge in [-0.2, -0.15) is 0 Å². The number of carbonyl (C=O) groups is 1. The smallest absolute Gasteiger partial charge is 0.223 e. The number of rotatable bonds is 3. The molecule has 4 nitrogen and oxygen atoms in total. The number of likely N-dealkylation sites (tertiary alicyclic amines) is 1. The van der Waals surface area contributed by atoms with E-state index in [-0.39, 0.29) is 11.9 Å². The molecule has 2 aliphatic heterocycles. The van der Waals surface area contributed by atoms with Crippen molar-refractivity contribution in [3.8, 4) is 11.5 Å². The molecule has 4 rings (SSSR count). The first-order chi connectivity index (χ1) is 11.3. The highest BCUT2D eigenvalue weighted by Crippen LogP contribution is 2.43. The summed E-state index contributed by atoms with van der Waals surface area (Å²) in [5.74, 6) is 2.35. The molecule has 4 heteroatoms. The Balaban J connectivity index is 1.56. The maximum Gasteiger partial charge on any atom is 0.223 e. The molecule has 1 aliphatic carbocycles. The van der Waals surface area contributed by atoms with Crippen LogP contribution in [0, 0.1) is 5.92 Å². The highest BCUT2D eigenvalue weighted by Gasteiger charge is 2.34. The Hall–Kier alpha value is -1.97. The van der Waals surface area contributed by atoms with Gasteiger partial charge in [0.15, 0.2) is 11.5 Å². The topological polar surface area (TPSA) is 38.8 Å². The minimum Gasteiger partial charge on any atom is -0.486 e. The van der Waals surface area contributed by atoms with Gasteiger partial charge in [0.2, 0.25) is 5.91 Å². The largest absolute Gasteiger partial charge is 0.486 e. The Labute approximate surface area is 137 Å². The molecule has 0 spiro atoms. The molecule has 0 aromatic heterocycles. The van der Waals surface area contributed by atoms with Crippen LogP contribution in [0.25, 0.3) is 0 Å². The molecule has 1 fully saturated rings. The molecule has 1 saturated heterocycles. The number of hydrogen-bond donors (Lipinski definition) is 0. The first-order valence-corrected chi connectivity index (χ1v) is 8.67. The molecular weight excluding hydrogens is 290 g/mol. The molecule has 122 valence electrons. The molecule has 0 radical (unpaired) electrons. The van der Waals surface area contributed by atoms with Crippen molar-refractivity contribution in [1.29, 1.82) is 0 Å². The van der Waals surface area contributed by atoms with Crippen molar-refractivity contribution >= 4 is 5.91 Å². The summed E-state index contributed by atoms with van der Waals surface area (Å²) in [6.45, 7) is 2.03. The van der Waals surface area contributed by atoms with Gasteiger partial charge in [-0.3, -0.25) is 4.79 Å². The van der Waals surface area contributed by atoms with Crippen LogP contribution in [-0.4, -0.2) is 30.6 Å². The summed E-state index contributed by atoms with van der Waals surface area (Å²) in [5.41, 5.74) is 1.11. The Morgan fingerprint density at radius 3 is 3.00 bits per heavy atom. The summed E-state index contributed by atoms with van der Waals surface area (Å²) >= 11 is 0. The fourth-order valence-electron chi connectivity index (χ4n) is 3.95. The molecule has 0 unspecified atom stereocenters. The number of hydrogen-bond acceptors (Lipinski definition) is 3. The van der Waals surface area contributed by atoms with Gasteiger partial charge in [-0.25, -0.2) is 0 Å². The van der Waals surface area contributed by atoms with E-state index >= 15 is 0 Å². The van der Waals surface area contributed by atoms with Crippen LogP contribution in [0.5, 0.6) is 11.5 Å². The number of allylic oxidation sites excluding steroid dienone is 2. The fraction of sp³-hybridized carbons (Fsp3) is 0.526. The van der Waals surface area contributed by atoms with Crippen molar-refractivity contribution in [2.24, 2.45) is 5.92 Å². The summed E-state index contributed by atoms with van der Waals surface area (Å²) in [6.07, 6.45) is 9.32.